The molecule has 1 aromatic rings. The van der Waals surface area contributed by atoms with Gasteiger partial charge >= 0.3 is 0 Å². The fourth-order valence-corrected chi connectivity index (χ4v) is 2.83. The van der Waals surface area contributed by atoms with Gasteiger partial charge in [-0.1, -0.05) is 53.7 Å². The van der Waals surface area contributed by atoms with Crippen LogP contribution in [-0.2, 0) is 16.0 Å². The number of nitrogens with zero attached hydrogens (tertiary/aromatic N) is 1. The number of benzene rings is 1. The molecule has 6 heteroatoms. The summed E-state index contributed by atoms with van der Waals surface area (Å²) >= 11 is 0. The highest BCUT2D eigenvalue weighted by atomic mass is 16.4. The van der Waals surface area contributed by atoms with Gasteiger partial charge in [-0.05, 0) is 56.4 Å². The van der Waals surface area contributed by atoms with Crippen LogP contribution in [0.1, 0.15) is 44.7 Å². The van der Waals surface area contributed by atoms with Crippen LogP contribution in [0.5, 0.6) is 0 Å². The number of carbonyl (C=O) groups excluding carboxylic acids is 1. The number of rotatable bonds is 6. The van der Waals surface area contributed by atoms with Crippen molar-refractivity contribution in [1.29, 1.82) is 0 Å². The van der Waals surface area contributed by atoms with E-state index in [0.717, 1.165) is 34.4 Å². The molecule has 0 saturated carbocycles. The van der Waals surface area contributed by atoms with E-state index < -0.39 is 0 Å². The van der Waals surface area contributed by atoms with E-state index in [1.54, 1.807) is 6.92 Å². The van der Waals surface area contributed by atoms with Crippen LogP contribution in [0.4, 0.5) is 0 Å². The van der Waals surface area contributed by atoms with Crippen LogP contribution in [0, 0.1) is 0 Å². The minimum atomic E-state index is -0.250. The first-order chi connectivity index (χ1) is 14.0. The number of aryl methyl sites for hydroxylation is 1. The minimum Gasteiger partial charge on any atom is -0.483 e. The maximum atomic E-state index is 12.2. The molecule has 1 aliphatic rings. The lowest BCUT2D eigenvalue weighted by Gasteiger charge is -2.10. The van der Waals surface area contributed by atoms with Crippen molar-refractivity contribution in [2.75, 3.05) is 0 Å². The Morgan fingerprint density at radius 3 is 2.52 bits per heavy atom. The first kappa shape index (κ1) is 23.6. The Morgan fingerprint density at radius 2 is 1.93 bits per heavy atom. The fourth-order valence-electron chi connectivity index (χ4n) is 2.83. The lowest BCUT2D eigenvalue weighted by Crippen LogP contribution is -2.23. The first-order valence-corrected chi connectivity index (χ1v) is 9.33. The number of hydrogen-bond donors (Lipinski definition) is 3. The van der Waals surface area contributed by atoms with Gasteiger partial charge in [0.1, 0.15) is 0 Å². The Morgan fingerprint density at radius 1 is 1.28 bits per heavy atom. The van der Waals surface area contributed by atoms with Crippen molar-refractivity contribution in [3.8, 4) is 0 Å². The summed E-state index contributed by atoms with van der Waals surface area (Å²) in [6.07, 6.45) is 12.0. The maximum Gasteiger partial charge on any atom is 0.290 e. The second-order valence-electron chi connectivity index (χ2n) is 6.37. The SMILES string of the molecule is C/C=C(/C(C)=N\O)c1ccc(CCC(=O)NC2=CC=CCC=C2C)cc1.O=CO. The van der Waals surface area contributed by atoms with Gasteiger partial charge in [-0.2, -0.15) is 0 Å². The predicted molar refractivity (Wildman–Crippen MR) is 116 cm³/mol. The van der Waals surface area contributed by atoms with E-state index in [0.29, 0.717) is 18.6 Å². The Hall–Kier alpha value is -3.41. The van der Waals surface area contributed by atoms with E-state index in [2.05, 4.69) is 22.6 Å². The lowest BCUT2D eigenvalue weighted by atomic mass is 9.99. The van der Waals surface area contributed by atoms with Crippen LogP contribution in [0.25, 0.3) is 5.57 Å². The molecule has 1 aromatic carbocycles. The van der Waals surface area contributed by atoms with Crippen molar-refractivity contribution < 1.29 is 19.9 Å². The van der Waals surface area contributed by atoms with E-state index in [9.17, 15) is 4.79 Å². The smallest absolute Gasteiger partial charge is 0.290 e. The largest absolute Gasteiger partial charge is 0.483 e. The monoisotopic (exact) mass is 396 g/mol. The Balaban J connectivity index is 0.00000132. The number of carbonyl (C=O) groups is 2. The standard InChI is InChI=1S/C22H26N2O2.CH2O2/c1-4-20(17(3)24-26)19-13-10-18(11-14-19)12-15-22(25)23-21-9-7-5-6-8-16(21)2;2-1-3/h4-5,7-11,13-14,26H,6,12,15H2,1-3H3,(H,23,25);1H,(H,2,3)/b20-4-,24-17-;. The first-order valence-electron chi connectivity index (χ1n) is 9.33. The lowest BCUT2D eigenvalue weighted by molar-refractivity contribution is -0.123. The van der Waals surface area contributed by atoms with Gasteiger partial charge in [-0.25, -0.2) is 0 Å². The summed E-state index contributed by atoms with van der Waals surface area (Å²) in [6.45, 7) is 5.44. The van der Waals surface area contributed by atoms with Crippen LogP contribution in [0.15, 0.2) is 71.1 Å². The molecule has 0 saturated heterocycles. The third-order valence-corrected chi connectivity index (χ3v) is 4.39. The summed E-state index contributed by atoms with van der Waals surface area (Å²) < 4.78 is 0. The second kappa shape index (κ2) is 12.9. The number of oxime groups is 1. The third-order valence-electron chi connectivity index (χ3n) is 4.39. The summed E-state index contributed by atoms with van der Waals surface area (Å²) in [5.41, 5.74) is 5.52. The number of hydrogen-bond acceptors (Lipinski definition) is 4. The summed E-state index contributed by atoms with van der Waals surface area (Å²) in [5, 5.41) is 22.1. The molecule has 0 atom stereocenters. The van der Waals surface area contributed by atoms with E-state index >= 15 is 0 Å². The molecule has 0 spiro atoms. The highest BCUT2D eigenvalue weighted by Crippen LogP contribution is 2.18. The predicted octanol–water partition coefficient (Wildman–Crippen LogP) is 4.48. The molecule has 29 heavy (non-hydrogen) atoms. The Kier molecular flexibility index (Phi) is 10.5. The molecule has 2 rings (SSSR count). The third kappa shape index (κ3) is 8.01. The molecular weight excluding hydrogens is 368 g/mol. The molecule has 154 valence electrons. The molecule has 0 aliphatic heterocycles. The topological polar surface area (TPSA) is 99.0 Å². The molecular formula is C23H28N2O4. The van der Waals surface area contributed by atoms with Gasteiger partial charge in [0.25, 0.3) is 6.47 Å². The van der Waals surface area contributed by atoms with Gasteiger partial charge in [-0.3, -0.25) is 9.59 Å². The summed E-state index contributed by atoms with van der Waals surface area (Å²) in [7, 11) is 0. The molecule has 0 heterocycles. The molecule has 0 fully saturated rings. The fraction of sp³-hybridized carbons (Fsp3) is 0.261. The zero-order valence-corrected chi connectivity index (χ0v) is 17.1. The molecule has 6 nitrogen and oxygen atoms in total. The summed E-state index contributed by atoms with van der Waals surface area (Å²) in [6, 6.07) is 8.00. The van der Waals surface area contributed by atoms with Crippen molar-refractivity contribution in [2.24, 2.45) is 5.16 Å². The Bertz CT molecular complexity index is 844. The molecule has 0 radical (unpaired) electrons. The quantitative estimate of drug-likeness (QED) is 0.286. The van der Waals surface area contributed by atoms with Crippen LogP contribution in [-0.4, -0.2) is 28.4 Å². The molecule has 0 bridgehead atoms. The molecule has 0 unspecified atom stereocenters. The summed E-state index contributed by atoms with van der Waals surface area (Å²) in [4.78, 5) is 20.6. The number of carboxylic acid groups (broad SMARTS) is 1. The van der Waals surface area contributed by atoms with E-state index in [1.165, 1.54) is 0 Å². The van der Waals surface area contributed by atoms with Crippen molar-refractivity contribution in [2.45, 2.75) is 40.0 Å². The van der Waals surface area contributed by atoms with Gasteiger partial charge < -0.3 is 15.6 Å². The van der Waals surface area contributed by atoms with Crippen molar-refractivity contribution in [3.63, 3.8) is 0 Å². The van der Waals surface area contributed by atoms with Gasteiger partial charge in [0.05, 0.1) is 5.71 Å². The zero-order chi connectivity index (χ0) is 21.6. The van der Waals surface area contributed by atoms with E-state index in [-0.39, 0.29) is 12.4 Å². The normalized spacial score (nSPS) is 14.0. The van der Waals surface area contributed by atoms with Gasteiger partial charge in [0, 0.05) is 17.7 Å². The molecule has 3 N–H and O–H groups in total. The van der Waals surface area contributed by atoms with Crippen LogP contribution < -0.4 is 5.32 Å². The Labute approximate surface area is 171 Å². The van der Waals surface area contributed by atoms with Gasteiger partial charge in [0.15, 0.2) is 0 Å². The summed E-state index contributed by atoms with van der Waals surface area (Å²) in [5.74, 6) is 0.0146. The second-order valence-corrected chi connectivity index (χ2v) is 6.37. The van der Waals surface area contributed by atoms with Crippen molar-refractivity contribution in [3.05, 3.63) is 77.0 Å². The van der Waals surface area contributed by atoms with Crippen LogP contribution in [0.2, 0.25) is 0 Å². The van der Waals surface area contributed by atoms with Crippen LogP contribution in [0.3, 0.4) is 0 Å². The van der Waals surface area contributed by atoms with Crippen molar-refractivity contribution >= 4 is 23.7 Å². The average Bonchev–Trinajstić information content (AvgIpc) is 2.92. The van der Waals surface area contributed by atoms with E-state index in [1.807, 2.05) is 56.3 Å². The zero-order valence-electron chi connectivity index (χ0n) is 17.1. The molecule has 1 amide bonds. The van der Waals surface area contributed by atoms with Crippen LogP contribution >= 0.6 is 0 Å². The number of nitrogens with one attached hydrogen (secondary N) is 1. The number of amides is 1. The maximum absolute atomic E-state index is 12.2. The van der Waals surface area contributed by atoms with E-state index in [4.69, 9.17) is 15.1 Å². The molecule has 0 aromatic heterocycles. The minimum absolute atomic E-state index is 0.0146. The van der Waals surface area contributed by atoms with Gasteiger partial charge in [0.2, 0.25) is 5.91 Å². The average molecular weight is 396 g/mol. The highest BCUT2D eigenvalue weighted by Gasteiger charge is 2.09. The van der Waals surface area contributed by atoms with Gasteiger partial charge in [-0.15, -0.1) is 0 Å². The number of allylic oxidation sites excluding steroid dienone is 7. The molecule has 1 aliphatic carbocycles. The highest BCUT2D eigenvalue weighted by molar-refractivity contribution is 6.22. The van der Waals surface area contributed by atoms with Crippen molar-refractivity contribution in [1.82, 2.24) is 5.32 Å².